The number of rotatable bonds is 6. The molecule has 9 heteroatoms. The van der Waals surface area contributed by atoms with Gasteiger partial charge in [-0.15, -0.1) is 0 Å². The van der Waals surface area contributed by atoms with Crippen molar-refractivity contribution >= 4 is 11.9 Å². The van der Waals surface area contributed by atoms with E-state index in [4.69, 9.17) is 9.47 Å². The third kappa shape index (κ3) is 4.42. The Morgan fingerprint density at radius 2 is 1.68 bits per heavy atom. The number of aliphatic hydroxyl groups excluding tert-OH is 2. The van der Waals surface area contributed by atoms with Crippen LogP contribution >= 0.6 is 0 Å². The van der Waals surface area contributed by atoms with Crippen molar-refractivity contribution < 1.29 is 29.3 Å². The molecular weight excluding hydrogens is 402 g/mol. The Morgan fingerprint density at radius 3 is 2.16 bits per heavy atom. The average Bonchev–Trinajstić information content (AvgIpc) is 2.79. The molecule has 0 bridgehead atoms. The minimum atomic E-state index is -1.26. The van der Waals surface area contributed by atoms with Crippen LogP contribution in [0.5, 0.6) is 0 Å². The second-order valence-electron chi connectivity index (χ2n) is 7.19. The maximum atomic E-state index is 12.8. The Labute approximate surface area is 180 Å². The highest BCUT2D eigenvalue weighted by atomic mass is 16.5. The summed E-state index contributed by atoms with van der Waals surface area (Å²) < 4.78 is 9.88. The lowest BCUT2D eigenvalue weighted by Gasteiger charge is -2.45. The van der Waals surface area contributed by atoms with Gasteiger partial charge >= 0.3 is 11.9 Å². The Bertz CT molecular complexity index is 948. The average molecular weight is 427 g/mol. The van der Waals surface area contributed by atoms with Gasteiger partial charge in [-0.2, -0.15) is 0 Å². The molecule has 4 atom stereocenters. The molecule has 0 saturated carbocycles. The number of hydrogen-bond acceptors (Lipinski definition) is 9. The van der Waals surface area contributed by atoms with Gasteiger partial charge in [0, 0.05) is 18.9 Å². The molecule has 0 radical (unpaired) electrons. The Kier molecular flexibility index (Phi) is 6.98. The van der Waals surface area contributed by atoms with Gasteiger partial charge in [-0.1, -0.05) is 12.1 Å². The lowest BCUT2D eigenvalue weighted by molar-refractivity contribution is -0.150. The van der Waals surface area contributed by atoms with Gasteiger partial charge in [0.2, 0.25) is 0 Å². The molecule has 3 heterocycles. The van der Waals surface area contributed by atoms with E-state index in [1.54, 1.807) is 60.6 Å². The van der Waals surface area contributed by atoms with Crippen molar-refractivity contribution in [1.82, 2.24) is 14.9 Å². The maximum absolute atomic E-state index is 12.8. The van der Waals surface area contributed by atoms with Crippen LogP contribution in [0.2, 0.25) is 0 Å². The first-order valence-electron chi connectivity index (χ1n) is 9.75. The van der Waals surface area contributed by atoms with Crippen molar-refractivity contribution in [2.45, 2.75) is 25.1 Å². The van der Waals surface area contributed by atoms with Crippen LogP contribution in [0.1, 0.15) is 30.4 Å². The highest BCUT2D eigenvalue weighted by molar-refractivity contribution is 5.93. The fourth-order valence-corrected chi connectivity index (χ4v) is 3.94. The molecule has 9 nitrogen and oxygen atoms in total. The predicted octanol–water partition coefficient (Wildman–Crippen LogP) is 1.73. The van der Waals surface area contributed by atoms with E-state index in [0.717, 1.165) is 0 Å². The van der Waals surface area contributed by atoms with E-state index in [9.17, 15) is 19.8 Å². The largest absolute Gasteiger partial charge is 0.511 e. The summed E-state index contributed by atoms with van der Waals surface area (Å²) in [5, 5.41) is 21.5. The third-order valence-corrected chi connectivity index (χ3v) is 5.14. The summed E-state index contributed by atoms with van der Waals surface area (Å²) in [6.07, 6.45) is 2.30. The van der Waals surface area contributed by atoms with Crippen molar-refractivity contribution in [1.29, 1.82) is 0 Å². The normalized spacial score (nSPS) is 22.6. The number of nitrogens with zero attached hydrogens (tertiary/aromatic N) is 3. The van der Waals surface area contributed by atoms with Crippen LogP contribution in [-0.2, 0) is 19.1 Å². The number of methoxy groups -OCH3 is 2. The molecule has 3 rings (SSSR count). The highest BCUT2D eigenvalue weighted by Crippen LogP contribution is 2.47. The molecule has 0 aliphatic carbocycles. The number of β-amino-alcohol motifs (C(OH)–C–C–N with tert-alkyl or cyclic N) is 1. The van der Waals surface area contributed by atoms with Crippen LogP contribution < -0.4 is 0 Å². The zero-order chi connectivity index (χ0) is 22.5. The lowest BCUT2D eigenvalue weighted by atomic mass is 9.81. The van der Waals surface area contributed by atoms with Crippen LogP contribution in [-0.4, -0.2) is 63.9 Å². The van der Waals surface area contributed by atoms with E-state index in [1.165, 1.54) is 14.2 Å². The van der Waals surface area contributed by atoms with Gasteiger partial charge in [0.25, 0.3) is 0 Å². The summed E-state index contributed by atoms with van der Waals surface area (Å²) >= 11 is 0. The number of esters is 2. The molecule has 0 fully saturated rings. The minimum absolute atomic E-state index is 0.0593. The molecule has 2 aromatic rings. The quantitative estimate of drug-likeness (QED) is 0.664. The predicted molar refractivity (Wildman–Crippen MR) is 110 cm³/mol. The van der Waals surface area contributed by atoms with Gasteiger partial charge in [0.05, 0.1) is 49.4 Å². The summed E-state index contributed by atoms with van der Waals surface area (Å²) in [5.41, 5.74) is 0.777. The number of carbonyl (C=O) groups is 2. The second-order valence-corrected chi connectivity index (χ2v) is 7.19. The molecule has 31 heavy (non-hydrogen) atoms. The monoisotopic (exact) mass is 427 g/mol. The molecule has 0 spiro atoms. The fourth-order valence-electron chi connectivity index (χ4n) is 3.94. The molecule has 2 aromatic heterocycles. The summed E-state index contributed by atoms with van der Waals surface area (Å²) in [6.45, 7) is 1.65. The van der Waals surface area contributed by atoms with Gasteiger partial charge in [0.1, 0.15) is 11.7 Å². The van der Waals surface area contributed by atoms with Gasteiger partial charge < -0.3 is 19.7 Å². The first kappa shape index (κ1) is 22.4. The first-order chi connectivity index (χ1) is 14.9. The van der Waals surface area contributed by atoms with Gasteiger partial charge in [-0.05, 0) is 31.2 Å². The topological polar surface area (TPSA) is 122 Å². The number of hydrogen-bond donors (Lipinski definition) is 2. The van der Waals surface area contributed by atoms with E-state index < -0.39 is 41.8 Å². The Hall–Kier alpha value is -3.30. The van der Waals surface area contributed by atoms with Crippen LogP contribution in [0.25, 0.3) is 0 Å². The van der Waals surface area contributed by atoms with Crippen LogP contribution in [0.15, 0.2) is 60.1 Å². The summed E-state index contributed by atoms with van der Waals surface area (Å²) in [5.74, 6) is -3.28. The molecule has 1 aliphatic rings. The molecule has 0 amide bonds. The zero-order valence-corrected chi connectivity index (χ0v) is 17.5. The number of pyridine rings is 2. The van der Waals surface area contributed by atoms with Crippen LogP contribution in [0.3, 0.4) is 0 Å². The van der Waals surface area contributed by atoms with E-state index >= 15 is 0 Å². The van der Waals surface area contributed by atoms with Crippen molar-refractivity contribution in [2.75, 3.05) is 20.8 Å². The molecule has 2 N–H and O–H groups in total. The highest BCUT2D eigenvalue weighted by Gasteiger charge is 2.51. The zero-order valence-electron chi connectivity index (χ0n) is 17.5. The summed E-state index contributed by atoms with van der Waals surface area (Å²) in [4.78, 5) is 36.0. The second kappa shape index (κ2) is 9.67. The van der Waals surface area contributed by atoms with Crippen LogP contribution in [0, 0.1) is 5.92 Å². The van der Waals surface area contributed by atoms with E-state index in [1.807, 2.05) is 0 Å². The van der Waals surface area contributed by atoms with Gasteiger partial charge in [-0.25, -0.2) is 4.79 Å². The number of aliphatic hydroxyl groups is 2. The molecule has 2 unspecified atom stereocenters. The molecular formula is C22H25N3O6. The molecule has 164 valence electrons. The van der Waals surface area contributed by atoms with E-state index in [-0.39, 0.29) is 12.1 Å². The van der Waals surface area contributed by atoms with Gasteiger partial charge in [0.15, 0.2) is 0 Å². The standard InChI is InChI=1S/C22H25N3O6/c1-13(26)12-25-18(14-8-4-6-10-23-14)16(21(28)30-2)20(27)17(22(29)31-3)19(25)15-9-5-7-11-24-15/h4-11,13,16,18-19,26-27H,12H2,1-3H3/t13?,16?,18-,19+/m0/s1. The molecule has 0 aromatic carbocycles. The number of aromatic nitrogens is 2. The summed E-state index contributed by atoms with van der Waals surface area (Å²) in [7, 11) is 2.39. The first-order valence-corrected chi connectivity index (χ1v) is 9.75. The number of ether oxygens (including phenoxy) is 2. The Morgan fingerprint density at radius 1 is 1.06 bits per heavy atom. The van der Waals surface area contributed by atoms with E-state index in [0.29, 0.717) is 11.4 Å². The fraction of sp³-hybridized carbons (Fsp3) is 0.364. The summed E-state index contributed by atoms with van der Waals surface area (Å²) in [6, 6.07) is 8.64. The lowest BCUT2D eigenvalue weighted by Crippen LogP contribution is -2.49. The van der Waals surface area contributed by atoms with Gasteiger partial charge in [-0.3, -0.25) is 19.7 Å². The van der Waals surface area contributed by atoms with Crippen LogP contribution in [0.4, 0.5) is 0 Å². The molecule has 1 aliphatic heterocycles. The van der Waals surface area contributed by atoms with Crippen molar-refractivity contribution in [3.8, 4) is 0 Å². The third-order valence-electron chi connectivity index (χ3n) is 5.14. The Balaban J connectivity index is 2.33. The van der Waals surface area contributed by atoms with Crippen molar-refractivity contribution in [3.05, 3.63) is 71.5 Å². The van der Waals surface area contributed by atoms with E-state index in [2.05, 4.69) is 9.97 Å². The minimum Gasteiger partial charge on any atom is -0.511 e. The smallest absolute Gasteiger partial charge is 0.339 e. The maximum Gasteiger partial charge on any atom is 0.339 e. The molecule has 0 saturated heterocycles. The SMILES string of the molecule is COC(=O)C1=C(O)C(C(=O)OC)[C@H](c2ccccn2)N(CC(C)O)[C@@H]1c1ccccn1. The number of carbonyl (C=O) groups excluding carboxylic acids is 2. The van der Waals surface area contributed by atoms with Crippen molar-refractivity contribution in [3.63, 3.8) is 0 Å². The van der Waals surface area contributed by atoms with Crippen molar-refractivity contribution in [2.24, 2.45) is 5.92 Å².